The van der Waals surface area contributed by atoms with Gasteiger partial charge in [-0.3, -0.25) is 19.2 Å². The number of carbonyl (C=O) groups excluding carboxylic acids is 4. The van der Waals surface area contributed by atoms with Gasteiger partial charge in [0, 0.05) is 33.6 Å². The Bertz CT molecular complexity index is 2150. The molecule has 2 atom stereocenters. The monoisotopic (exact) mass is 750 g/mol. The molecule has 2 heterocycles. The van der Waals surface area contributed by atoms with Gasteiger partial charge in [0.05, 0.1) is 12.8 Å². The maximum Gasteiger partial charge on any atom is 0.290 e. The van der Waals surface area contributed by atoms with Crippen molar-refractivity contribution in [3.8, 4) is 0 Å². The Morgan fingerprint density at radius 2 is 1.17 bits per heavy atom. The third kappa shape index (κ3) is 8.73. The van der Waals surface area contributed by atoms with Crippen molar-refractivity contribution in [2.75, 3.05) is 10.6 Å². The van der Waals surface area contributed by atoms with Crippen LogP contribution in [-0.4, -0.2) is 23.4 Å². The van der Waals surface area contributed by atoms with Gasteiger partial charge < -0.3 is 20.1 Å². The van der Waals surface area contributed by atoms with E-state index >= 15 is 0 Å². The molecule has 10 heteroatoms. The lowest BCUT2D eigenvalue weighted by atomic mass is 9.92. The first kappa shape index (κ1) is 37.6. The van der Waals surface area contributed by atoms with E-state index in [2.05, 4.69) is 22.8 Å². The standard InChI is InChI=1S/C43H40Cl2N2O6/c1-5-27-18-26(17-25(4)40(27)46-42(50)38-22-33(48)20-36(52-38)28-9-13-31(44)14-10-28)19-30-8-7-24(3)41(35(30)6-2)47-43(51)39-23-34(49)21-37(53-39)29-11-15-32(45)16-12-29/h7-18,22-23,36-37H,5-6,19-21H2,1-4H3,(H,46,50)(H,47,51). The van der Waals surface area contributed by atoms with E-state index in [4.69, 9.17) is 32.7 Å². The van der Waals surface area contributed by atoms with Crippen molar-refractivity contribution in [1.29, 1.82) is 0 Å². The maximum absolute atomic E-state index is 13.6. The Balaban J connectivity index is 1.19. The molecule has 0 spiro atoms. The molecular weight excluding hydrogens is 711 g/mol. The number of nitrogens with one attached hydrogen (secondary N) is 2. The van der Waals surface area contributed by atoms with Crippen molar-refractivity contribution >= 4 is 58.0 Å². The molecule has 6 rings (SSSR count). The van der Waals surface area contributed by atoms with E-state index < -0.39 is 24.0 Å². The van der Waals surface area contributed by atoms with Crippen molar-refractivity contribution in [3.05, 3.63) is 151 Å². The largest absolute Gasteiger partial charge is 0.479 e. The Kier molecular flexibility index (Phi) is 11.5. The number of ether oxygens (including phenoxy) is 2. The summed E-state index contributed by atoms with van der Waals surface area (Å²) in [6, 6.07) is 22.2. The number of allylic oxidation sites excluding steroid dienone is 2. The molecule has 0 aliphatic carbocycles. The smallest absolute Gasteiger partial charge is 0.290 e. The molecule has 0 radical (unpaired) electrons. The van der Waals surface area contributed by atoms with Crippen LogP contribution in [0.25, 0.3) is 0 Å². The normalized spacial score (nSPS) is 16.9. The van der Waals surface area contributed by atoms with Gasteiger partial charge in [-0.05, 0) is 102 Å². The number of halogens is 2. The Hall–Kier alpha value is -5.18. The fourth-order valence-corrected chi connectivity index (χ4v) is 7.07. The van der Waals surface area contributed by atoms with Gasteiger partial charge in [-0.2, -0.15) is 0 Å². The lowest BCUT2D eigenvalue weighted by Crippen LogP contribution is -2.25. The first-order chi connectivity index (χ1) is 25.4. The molecule has 0 fully saturated rings. The highest BCUT2D eigenvalue weighted by atomic mass is 35.5. The van der Waals surface area contributed by atoms with Crippen LogP contribution < -0.4 is 10.6 Å². The second-order valence-corrected chi connectivity index (χ2v) is 14.2. The number of hydrogen-bond acceptors (Lipinski definition) is 6. The van der Waals surface area contributed by atoms with E-state index in [1.54, 1.807) is 48.5 Å². The molecule has 4 aromatic rings. The number of hydrogen-bond donors (Lipinski definition) is 2. The lowest BCUT2D eigenvalue weighted by molar-refractivity contribution is -0.124. The van der Waals surface area contributed by atoms with E-state index in [9.17, 15) is 19.2 Å². The molecule has 0 aromatic heterocycles. The SMILES string of the molecule is CCc1cc(Cc2ccc(C)c(NC(=O)C3=CC(=O)CC(c4ccc(Cl)cc4)O3)c2CC)cc(C)c1NC(=O)C1=CC(=O)CC(c2ccc(Cl)cc2)O1. The van der Waals surface area contributed by atoms with E-state index in [1.165, 1.54) is 12.2 Å². The van der Waals surface area contributed by atoms with Crippen molar-refractivity contribution in [1.82, 2.24) is 0 Å². The molecule has 0 saturated carbocycles. The van der Waals surface area contributed by atoms with Crippen molar-refractivity contribution in [2.45, 2.75) is 72.0 Å². The zero-order valence-electron chi connectivity index (χ0n) is 30.0. The zero-order valence-corrected chi connectivity index (χ0v) is 31.5. The minimum Gasteiger partial charge on any atom is -0.479 e. The van der Waals surface area contributed by atoms with Crippen LogP contribution in [0, 0.1) is 13.8 Å². The first-order valence-electron chi connectivity index (χ1n) is 17.6. The predicted molar refractivity (Wildman–Crippen MR) is 207 cm³/mol. The molecular formula is C43H40Cl2N2O6. The molecule has 0 saturated heterocycles. The Labute approximate surface area is 319 Å². The van der Waals surface area contributed by atoms with Crippen LogP contribution in [0.5, 0.6) is 0 Å². The Morgan fingerprint density at radius 1 is 0.660 bits per heavy atom. The summed E-state index contributed by atoms with van der Waals surface area (Å²) in [5, 5.41) is 7.19. The lowest BCUT2D eigenvalue weighted by Gasteiger charge is -2.25. The molecule has 53 heavy (non-hydrogen) atoms. The fourth-order valence-electron chi connectivity index (χ4n) is 6.82. The number of amides is 2. The average molecular weight is 752 g/mol. The summed E-state index contributed by atoms with van der Waals surface area (Å²) < 4.78 is 12.0. The van der Waals surface area contributed by atoms with Crippen LogP contribution in [0.1, 0.15) is 83.4 Å². The molecule has 2 aliphatic heterocycles. The number of anilines is 2. The van der Waals surface area contributed by atoms with E-state index in [0.29, 0.717) is 40.7 Å². The summed E-state index contributed by atoms with van der Waals surface area (Å²) in [5.41, 5.74) is 8.62. The van der Waals surface area contributed by atoms with Crippen LogP contribution in [-0.2, 0) is 47.9 Å². The number of rotatable bonds is 10. The minimum atomic E-state index is -0.590. The highest BCUT2D eigenvalue weighted by Gasteiger charge is 2.29. The first-order valence-corrected chi connectivity index (χ1v) is 18.4. The van der Waals surface area contributed by atoms with Gasteiger partial charge in [0.2, 0.25) is 0 Å². The molecule has 2 unspecified atom stereocenters. The third-order valence-electron chi connectivity index (χ3n) is 9.53. The quantitative estimate of drug-likeness (QED) is 0.167. The second-order valence-electron chi connectivity index (χ2n) is 13.3. The Morgan fingerprint density at radius 3 is 1.66 bits per heavy atom. The van der Waals surface area contributed by atoms with Crippen LogP contribution in [0.4, 0.5) is 11.4 Å². The molecule has 272 valence electrons. The highest BCUT2D eigenvalue weighted by molar-refractivity contribution is 6.30. The van der Waals surface area contributed by atoms with E-state index in [0.717, 1.165) is 44.5 Å². The van der Waals surface area contributed by atoms with Gasteiger partial charge >= 0.3 is 0 Å². The summed E-state index contributed by atoms with van der Waals surface area (Å²) >= 11 is 12.1. The minimum absolute atomic E-state index is 0.0341. The van der Waals surface area contributed by atoms with Crippen LogP contribution in [0.2, 0.25) is 10.0 Å². The molecule has 0 bridgehead atoms. The van der Waals surface area contributed by atoms with Gasteiger partial charge in [0.15, 0.2) is 23.1 Å². The third-order valence-corrected chi connectivity index (χ3v) is 10.0. The number of aryl methyl sites for hydroxylation is 3. The van der Waals surface area contributed by atoms with Gasteiger partial charge in [0.25, 0.3) is 11.8 Å². The van der Waals surface area contributed by atoms with Gasteiger partial charge in [-0.25, -0.2) is 0 Å². The topological polar surface area (TPSA) is 111 Å². The molecule has 2 N–H and O–H groups in total. The summed E-state index contributed by atoms with van der Waals surface area (Å²) in [5.74, 6) is -1.44. The highest BCUT2D eigenvalue weighted by Crippen LogP contribution is 2.34. The number of carbonyl (C=O) groups is 4. The summed E-state index contributed by atoms with van der Waals surface area (Å²) in [6.45, 7) is 7.93. The van der Waals surface area contributed by atoms with Gasteiger partial charge in [-0.1, -0.05) is 85.6 Å². The average Bonchev–Trinajstić information content (AvgIpc) is 3.14. The number of ketones is 2. The van der Waals surface area contributed by atoms with Crippen molar-refractivity contribution in [2.24, 2.45) is 0 Å². The van der Waals surface area contributed by atoms with Gasteiger partial charge in [0.1, 0.15) is 12.2 Å². The number of benzene rings is 4. The molecule has 2 amide bonds. The second kappa shape index (κ2) is 16.2. The van der Waals surface area contributed by atoms with E-state index in [1.807, 2.05) is 39.8 Å². The fraction of sp³-hybridized carbons (Fsp3) is 0.256. The maximum atomic E-state index is 13.6. The zero-order chi connectivity index (χ0) is 37.8. The predicted octanol–water partition coefficient (Wildman–Crippen LogP) is 9.43. The van der Waals surface area contributed by atoms with Crippen LogP contribution in [0.15, 0.2) is 96.5 Å². The summed E-state index contributed by atoms with van der Waals surface area (Å²) in [4.78, 5) is 52.3. The van der Waals surface area contributed by atoms with Crippen molar-refractivity contribution < 1.29 is 28.7 Å². The van der Waals surface area contributed by atoms with Crippen molar-refractivity contribution in [3.63, 3.8) is 0 Å². The molecule has 2 aliphatic rings. The van der Waals surface area contributed by atoms with E-state index in [-0.39, 0.29) is 35.9 Å². The summed E-state index contributed by atoms with van der Waals surface area (Å²) in [7, 11) is 0. The van der Waals surface area contributed by atoms with Crippen LogP contribution in [0.3, 0.4) is 0 Å². The van der Waals surface area contributed by atoms with Gasteiger partial charge in [-0.15, -0.1) is 0 Å². The molecule has 8 nitrogen and oxygen atoms in total. The summed E-state index contributed by atoms with van der Waals surface area (Å²) in [6.07, 6.45) is 3.48. The molecule has 4 aromatic carbocycles. The van der Waals surface area contributed by atoms with Crippen LogP contribution >= 0.6 is 23.2 Å².